The molecule has 25 heavy (non-hydrogen) atoms. The number of nitrogens with zero attached hydrogens (tertiary/aromatic N) is 3. The Balaban J connectivity index is 1.46. The molecule has 4 nitrogen and oxygen atoms in total. The summed E-state index contributed by atoms with van der Waals surface area (Å²) >= 11 is 0. The number of hydrogen-bond acceptors (Lipinski definition) is 3. The fourth-order valence-corrected chi connectivity index (χ4v) is 3.45. The molecule has 1 saturated heterocycles. The van der Waals surface area contributed by atoms with Crippen LogP contribution in [0.1, 0.15) is 37.1 Å². The summed E-state index contributed by atoms with van der Waals surface area (Å²) in [4.78, 5) is 2.53. The smallest absolute Gasteiger partial charge is 0.311 e. The number of aromatic nitrogens is 2. The van der Waals surface area contributed by atoms with Crippen LogP contribution >= 0.6 is 0 Å². The van der Waals surface area contributed by atoms with Gasteiger partial charge in [-0.05, 0) is 43.5 Å². The summed E-state index contributed by atoms with van der Waals surface area (Å²) in [7, 11) is 0. The van der Waals surface area contributed by atoms with Gasteiger partial charge in [0.1, 0.15) is 0 Å². The number of rotatable bonds is 7. The Labute approximate surface area is 147 Å². The molecule has 0 aliphatic carbocycles. The van der Waals surface area contributed by atoms with Crippen molar-refractivity contribution in [3.05, 3.63) is 53.9 Å². The predicted octanol–water partition coefficient (Wildman–Crippen LogP) is 3.67. The van der Waals surface area contributed by atoms with Crippen LogP contribution in [0.4, 0.5) is 8.78 Å². The van der Waals surface area contributed by atoms with Gasteiger partial charge in [0.2, 0.25) is 0 Å². The molecule has 1 unspecified atom stereocenters. The van der Waals surface area contributed by atoms with Gasteiger partial charge in [0, 0.05) is 25.8 Å². The van der Waals surface area contributed by atoms with Crippen LogP contribution in [0.3, 0.4) is 0 Å². The van der Waals surface area contributed by atoms with Crippen LogP contribution in [0.15, 0.2) is 42.6 Å². The zero-order chi connectivity index (χ0) is 17.5. The first-order chi connectivity index (χ1) is 12.2. The Morgan fingerprint density at radius 2 is 2.00 bits per heavy atom. The number of nitrogens with one attached hydrogen (secondary N) is 1. The molecule has 1 N–H and O–H groups in total. The highest BCUT2D eigenvalue weighted by Gasteiger charge is 2.18. The summed E-state index contributed by atoms with van der Waals surface area (Å²) in [6.45, 7) is 2.08. The third kappa shape index (κ3) is 5.61. The van der Waals surface area contributed by atoms with E-state index in [2.05, 4.69) is 39.6 Å². The van der Waals surface area contributed by atoms with E-state index >= 15 is 0 Å². The topological polar surface area (TPSA) is 33.1 Å². The zero-order valence-electron chi connectivity index (χ0n) is 14.5. The van der Waals surface area contributed by atoms with Gasteiger partial charge < -0.3 is 5.32 Å². The van der Waals surface area contributed by atoms with Crippen molar-refractivity contribution in [1.29, 1.82) is 0 Å². The zero-order valence-corrected chi connectivity index (χ0v) is 14.5. The highest BCUT2D eigenvalue weighted by Crippen LogP contribution is 2.18. The van der Waals surface area contributed by atoms with E-state index in [-0.39, 0.29) is 0 Å². The van der Waals surface area contributed by atoms with E-state index in [4.69, 9.17) is 0 Å². The molecule has 6 heteroatoms. The number of halogens is 2. The summed E-state index contributed by atoms with van der Waals surface area (Å²) in [6, 6.07) is 12.2. The van der Waals surface area contributed by atoms with E-state index in [1.807, 2.05) is 6.07 Å². The third-order valence-electron chi connectivity index (χ3n) is 4.70. The Morgan fingerprint density at radius 1 is 1.16 bits per heavy atom. The van der Waals surface area contributed by atoms with Gasteiger partial charge in [-0.25, -0.2) is 4.68 Å². The van der Waals surface area contributed by atoms with Gasteiger partial charge in [-0.15, -0.1) is 0 Å². The van der Waals surface area contributed by atoms with Gasteiger partial charge >= 0.3 is 6.55 Å². The quantitative estimate of drug-likeness (QED) is 0.829. The second-order valence-electron chi connectivity index (χ2n) is 6.78. The summed E-state index contributed by atoms with van der Waals surface area (Å²) in [5, 5.41) is 7.26. The maximum atomic E-state index is 12.5. The van der Waals surface area contributed by atoms with Crippen LogP contribution in [-0.4, -0.2) is 34.3 Å². The molecule has 1 aliphatic rings. The van der Waals surface area contributed by atoms with Gasteiger partial charge in [0.15, 0.2) is 0 Å². The van der Waals surface area contributed by atoms with Gasteiger partial charge in [0.25, 0.3) is 0 Å². The van der Waals surface area contributed by atoms with Crippen molar-refractivity contribution in [3.8, 4) is 0 Å². The fourth-order valence-electron chi connectivity index (χ4n) is 3.45. The molecule has 0 bridgehead atoms. The Hall–Kier alpha value is -1.79. The molecule has 2 heterocycles. The largest absolute Gasteiger partial charge is 0.333 e. The molecular weight excluding hydrogens is 322 g/mol. The first-order valence-corrected chi connectivity index (χ1v) is 9.00. The van der Waals surface area contributed by atoms with Gasteiger partial charge in [-0.1, -0.05) is 36.8 Å². The molecule has 1 aromatic carbocycles. The minimum atomic E-state index is -2.57. The van der Waals surface area contributed by atoms with Crippen molar-refractivity contribution in [2.24, 2.45) is 5.92 Å². The van der Waals surface area contributed by atoms with Gasteiger partial charge in [-0.3, -0.25) is 4.90 Å². The minimum absolute atomic E-state index is 0.537. The predicted molar refractivity (Wildman–Crippen MR) is 94.2 cm³/mol. The van der Waals surface area contributed by atoms with E-state index in [9.17, 15) is 8.78 Å². The lowest BCUT2D eigenvalue weighted by Crippen LogP contribution is -2.33. The molecular formula is C19H26F2N4. The second kappa shape index (κ2) is 9.06. The summed E-state index contributed by atoms with van der Waals surface area (Å²) in [5.74, 6) is 0.586. The molecule has 136 valence electrons. The standard InChI is InChI=1S/C19H26F2N4/c20-19(21)25-11-9-18(23-25)13-22-12-17-8-4-5-10-24(15-17)14-16-6-2-1-3-7-16/h1-3,6-7,9,11,17,19,22H,4-5,8,10,12-15H2. The van der Waals surface area contributed by atoms with E-state index in [1.165, 1.54) is 31.0 Å². The van der Waals surface area contributed by atoms with Crippen LogP contribution in [0.5, 0.6) is 0 Å². The van der Waals surface area contributed by atoms with Crippen molar-refractivity contribution >= 4 is 0 Å². The molecule has 0 amide bonds. The van der Waals surface area contributed by atoms with Crippen molar-refractivity contribution in [1.82, 2.24) is 20.0 Å². The number of hydrogen-bond donors (Lipinski definition) is 1. The first-order valence-electron chi connectivity index (χ1n) is 9.00. The fraction of sp³-hybridized carbons (Fsp3) is 0.526. The van der Waals surface area contributed by atoms with E-state index in [0.29, 0.717) is 22.8 Å². The average molecular weight is 348 g/mol. The maximum Gasteiger partial charge on any atom is 0.333 e. The first kappa shape index (κ1) is 18.0. The van der Waals surface area contributed by atoms with Crippen LogP contribution in [0, 0.1) is 5.92 Å². The van der Waals surface area contributed by atoms with Gasteiger partial charge in [-0.2, -0.15) is 13.9 Å². The Morgan fingerprint density at radius 3 is 2.76 bits per heavy atom. The highest BCUT2D eigenvalue weighted by atomic mass is 19.3. The number of likely N-dealkylation sites (tertiary alicyclic amines) is 1. The van der Waals surface area contributed by atoms with Crippen molar-refractivity contribution < 1.29 is 8.78 Å². The lowest BCUT2D eigenvalue weighted by Gasteiger charge is -2.24. The molecule has 0 spiro atoms. The molecule has 2 aromatic rings. The minimum Gasteiger partial charge on any atom is -0.311 e. The van der Waals surface area contributed by atoms with Crippen molar-refractivity contribution in [2.45, 2.75) is 38.9 Å². The molecule has 3 rings (SSSR count). The van der Waals surface area contributed by atoms with Crippen LogP contribution in [0.2, 0.25) is 0 Å². The third-order valence-corrected chi connectivity index (χ3v) is 4.70. The van der Waals surface area contributed by atoms with Crippen molar-refractivity contribution in [3.63, 3.8) is 0 Å². The Kier molecular flexibility index (Phi) is 6.53. The van der Waals surface area contributed by atoms with Crippen LogP contribution in [-0.2, 0) is 13.1 Å². The van der Waals surface area contributed by atoms with Gasteiger partial charge in [0.05, 0.1) is 5.69 Å². The van der Waals surface area contributed by atoms with E-state index in [0.717, 1.165) is 26.2 Å². The number of alkyl halides is 2. The highest BCUT2D eigenvalue weighted by molar-refractivity contribution is 5.14. The average Bonchev–Trinajstić information content (AvgIpc) is 2.97. The summed E-state index contributed by atoms with van der Waals surface area (Å²) < 4.78 is 25.8. The second-order valence-corrected chi connectivity index (χ2v) is 6.78. The van der Waals surface area contributed by atoms with Crippen molar-refractivity contribution in [2.75, 3.05) is 19.6 Å². The summed E-state index contributed by atoms with van der Waals surface area (Å²) in [5.41, 5.74) is 2.02. The van der Waals surface area contributed by atoms with E-state index in [1.54, 1.807) is 6.07 Å². The van der Waals surface area contributed by atoms with Crippen LogP contribution in [0.25, 0.3) is 0 Å². The normalized spacial score (nSPS) is 19.2. The lowest BCUT2D eigenvalue weighted by molar-refractivity contribution is 0.0561. The molecule has 1 aromatic heterocycles. The monoisotopic (exact) mass is 348 g/mol. The SMILES string of the molecule is FC(F)n1ccc(CNCC2CCCCN(Cc3ccccc3)C2)n1. The molecule has 1 atom stereocenters. The lowest BCUT2D eigenvalue weighted by atomic mass is 10.0. The Bertz CT molecular complexity index is 629. The van der Waals surface area contributed by atoms with Crippen LogP contribution < -0.4 is 5.32 Å². The molecule has 1 fully saturated rings. The summed E-state index contributed by atoms with van der Waals surface area (Å²) in [6.07, 6.45) is 5.03. The molecule has 0 saturated carbocycles. The molecule has 1 aliphatic heterocycles. The maximum absolute atomic E-state index is 12.5. The number of benzene rings is 1. The molecule has 0 radical (unpaired) electrons. The van der Waals surface area contributed by atoms with E-state index < -0.39 is 6.55 Å².